The number of hydrogen-bond acceptors (Lipinski definition) is 7. The Balaban J connectivity index is 2.00. The highest BCUT2D eigenvalue weighted by atomic mass is 16.4. The van der Waals surface area contributed by atoms with Crippen LogP contribution in [0.3, 0.4) is 0 Å². The Morgan fingerprint density at radius 1 is 1.32 bits per heavy atom. The number of nitrogens with one attached hydrogen (secondary N) is 1. The van der Waals surface area contributed by atoms with E-state index in [1.54, 1.807) is 18.2 Å². The smallest absolute Gasteiger partial charge is 0.325 e. The van der Waals surface area contributed by atoms with Crippen LogP contribution >= 0.6 is 0 Å². The quantitative estimate of drug-likeness (QED) is 0.611. The van der Waals surface area contributed by atoms with Gasteiger partial charge in [0.2, 0.25) is 5.95 Å². The summed E-state index contributed by atoms with van der Waals surface area (Å²) in [6, 6.07) is 6.79. The van der Waals surface area contributed by atoms with E-state index in [9.17, 15) is 9.59 Å². The van der Waals surface area contributed by atoms with Crippen LogP contribution in [-0.2, 0) is 11.3 Å². The van der Waals surface area contributed by atoms with Gasteiger partial charge in [-0.25, -0.2) is 9.97 Å². The number of primary amides is 1. The molecule has 0 aliphatic heterocycles. The Morgan fingerprint density at radius 2 is 2.04 bits per heavy atom. The zero-order valence-electron chi connectivity index (χ0n) is 12.7. The van der Waals surface area contributed by atoms with Crippen molar-refractivity contribution in [3.8, 4) is 6.07 Å². The lowest BCUT2D eigenvalue weighted by Gasteiger charge is -2.05. The van der Waals surface area contributed by atoms with Gasteiger partial charge in [0.1, 0.15) is 12.6 Å². The second-order valence-corrected chi connectivity index (χ2v) is 5.03. The van der Waals surface area contributed by atoms with Crippen molar-refractivity contribution in [3.05, 3.63) is 41.9 Å². The summed E-state index contributed by atoms with van der Waals surface area (Å²) in [6.45, 7) is -0.394. The first-order valence-electron chi connectivity index (χ1n) is 6.99. The normalized spacial score (nSPS) is 10.4. The van der Waals surface area contributed by atoms with Crippen molar-refractivity contribution in [2.45, 2.75) is 6.54 Å². The lowest BCUT2D eigenvalue weighted by atomic mass is 10.2. The number of benzene rings is 1. The highest BCUT2D eigenvalue weighted by molar-refractivity contribution is 6.05. The topological polar surface area (TPSA) is 160 Å². The van der Waals surface area contributed by atoms with E-state index in [-0.39, 0.29) is 11.6 Å². The van der Waals surface area contributed by atoms with Gasteiger partial charge in [-0.3, -0.25) is 14.3 Å². The molecule has 0 saturated heterocycles. The molecule has 3 rings (SSSR count). The zero-order valence-corrected chi connectivity index (χ0v) is 12.7. The summed E-state index contributed by atoms with van der Waals surface area (Å²) in [6.07, 6.45) is 2.74. The Kier molecular flexibility index (Phi) is 3.97. The Morgan fingerprint density at radius 3 is 2.64 bits per heavy atom. The largest absolute Gasteiger partial charge is 0.480 e. The Bertz CT molecular complexity index is 1020. The van der Waals surface area contributed by atoms with Crippen molar-refractivity contribution in [1.29, 1.82) is 5.26 Å². The van der Waals surface area contributed by atoms with Crippen LogP contribution in [0.2, 0.25) is 0 Å². The minimum absolute atomic E-state index is 0.0272. The third-order valence-corrected chi connectivity index (χ3v) is 3.31. The summed E-state index contributed by atoms with van der Waals surface area (Å²) >= 11 is 0. The predicted molar refractivity (Wildman–Crippen MR) is 85.9 cm³/mol. The summed E-state index contributed by atoms with van der Waals surface area (Å²) < 4.78 is 1.19. The fourth-order valence-corrected chi connectivity index (χ4v) is 2.27. The molecule has 0 atom stereocenters. The number of hydrogen-bond donors (Lipinski definition) is 3. The molecule has 3 aromatic rings. The van der Waals surface area contributed by atoms with E-state index in [2.05, 4.69) is 20.4 Å². The minimum Gasteiger partial charge on any atom is -0.480 e. The SMILES string of the molecule is N#Cc1cnc(Nc2ccc3c(c2)c(C(N)=O)nn3CC(=O)O)nc1. The number of carboxylic acid groups (broad SMARTS) is 1. The van der Waals surface area contributed by atoms with Crippen LogP contribution in [0.4, 0.5) is 11.6 Å². The van der Waals surface area contributed by atoms with Crippen molar-refractivity contribution < 1.29 is 14.7 Å². The van der Waals surface area contributed by atoms with Gasteiger partial charge in [0.15, 0.2) is 5.69 Å². The molecule has 0 bridgehead atoms. The molecule has 0 radical (unpaired) electrons. The molecule has 2 aromatic heterocycles. The van der Waals surface area contributed by atoms with Crippen LogP contribution in [0.25, 0.3) is 10.9 Å². The van der Waals surface area contributed by atoms with Crippen molar-refractivity contribution in [1.82, 2.24) is 19.7 Å². The second-order valence-electron chi connectivity index (χ2n) is 5.03. The number of nitrogens with zero attached hydrogens (tertiary/aromatic N) is 5. The number of nitrogens with two attached hydrogens (primary N) is 1. The van der Waals surface area contributed by atoms with Gasteiger partial charge >= 0.3 is 5.97 Å². The molecule has 1 amide bonds. The number of aromatic nitrogens is 4. The van der Waals surface area contributed by atoms with Gasteiger partial charge in [0.25, 0.3) is 5.91 Å². The van der Waals surface area contributed by atoms with Gasteiger partial charge in [-0.2, -0.15) is 10.4 Å². The van der Waals surface area contributed by atoms with Gasteiger partial charge in [-0.05, 0) is 18.2 Å². The van der Waals surface area contributed by atoms with E-state index < -0.39 is 18.4 Å². The van der Waals surface area contributed by atoms with Gasteiger partial charge in [0, 0.05) is 11.1 Å². The molecular formula is C15H11N7O3. The molecule has 0 aliphatic rings. The zero-order chi connectivity index (χ0) is 18.0. The van der Waals surface area contributed by atoms with E-state index in [4.69, 9.17) is 16.1 Å². The van der Waals surface area contributed by atoms with Crippen LogP contribution < -0.4 is 11.1 Å². The molecule has 4 N–H and O–H groups in total. The maximum absolute atomic E-state index is 11.6. The molecule has 0 fully saturated rings. The number of carboxylic acids is 1. The molecule has 124 valence electrons. The third-order valence-electron chi connectivity index (χ3n) is 3.31. The average molecular weight is 337 g/mol. The molecule has 0 unspecified atom stereocenters. The molecule has 1 aromatic carbocycles. The highest BCUT2D eigenvalue weighted by Gasteiger charge is 2.17. The highest BCUT2D eigenvalue weighted by Crippen LogP contribution is 2.24. The summed E-state index contributed by atoms with van der Waals surface area (Å²) in [5.74, 6) is -1.59. The number of anilines is 2. The van der Waals surface area contributed by atoms with Gasteiger partial charge in [-0.1, -0.05) is 0 Å². The Hall–Kier alpha value is -4.00. The van der Waals surface area contributed by atoms with Gasteiger partial charge < -0.3 is 16.2 Å². The first-order valence-corrected chi connectivity index (χ1v) is 6.99. The molecule has 0 spiro atoms. The first kappa shape index (κ1) is 15.9. The fourth-order valence-electron chi connectivity index (χ4n) is 2.27. The maximum atomic E-state index is 11.6. The molecule has 10 heteroatoms. The minimum atomic E-state index is -1.09. The summed E-state index contributed by atoms with van der Waals surface area (Å²) in [5.41, 5.74) is 6.63. The predicted octanol–water partition coefficient (Wildman–Crippen LogP) is 0.625. The number of amides is 1. The van der Waals surface area contributed by atoms with Crippen LogP contribution in [-0.4, -0.2) is 36.7 Å². The van der Waals surface area contributed by atoms with E-state index in [0.29, 0.717) is 22.2 Å². The van der Waals surface area contributed by atoms with Crippen LogP contribution in [0, 0.1) is 11.3 Å². The van der Waals surface area contributed by atoms with Crippen LogP contribution in [0.1, 0.15) is 16.1 Å². The lowest BCUT2D eigenvalue weighted by Crippen LogP contribution is -2.14. The number of carbonyl (C=O) groups excluding carboxylic acids is 1. The van der Waals surface area contributed by atoms with E-state index >= 15 is 0 Å². The monoisotopic (exact) mass is 337 g/mol. The van der Waals surface area contributed by atoms with Crippen LogP contribution in [0.5, 0.6) is 0 Å². The van der Waals surface area contributed by atoms with E-state index in [1.165, 1.54) is 17.1 Å². The van der Waals surface area contributed by atoms with Crippen molar-refractivity contribution in [3.63, 3.8) is 0 Å². The number of aliphatic carboxylic acids is 1. The van der Waals surface area contributed by atoms with Gasteiger partial charge in [-0.15, -0.1) is 0 Å². The molecule has 25 heavy (non-hydrogen) atoms. The summed E-state index contributed by atoms with van der Waals surface area (Å²) in [4.78, 5) is 30.5. The summed E-state index contributed by atoms with van der Waals surface area (Å²) in [7, 11) is 0. The van der Waals surface area contributed by atoms with E-state index in [0.717, 1.165) is 0 Å². The number of fused-ring (bicyclic) bond motifs is 1. The van der Waals surface area contributed by atoms with Gasteiger partial charge in [0.05, 0.1) is 23.5 Å². The number of rotatable bonds is 5. The number of carbonyl (C=O) groups is 2. The standard InChI is InChI=1S/C15H11N7O3/c16-4-8-5-18-15(19-6-8)20-9-1-2-11-10(3-9)13(14(17)25)21-22(11)7-12(23)24/h1-3,5-6H,7H2,(H2,17,25)(H,23,24)(H,18,19,20). The average Bonchev–Trinajstić information content (AvgIpc) is 2.93. The molecule has 0 saturated carbocycles. The fraction of sp³-hybridized carbons (Fsp3) is 0.0667. The van der Waals surface area contributed by atoms with Crippen LogP contribution in [0.15, 0.2) is 30.6 Å². The third kappa shape index (κ3) is 3.20. The molecule has 2 heterocycles. The summed E-state index contributed by atoms with van der Waals surface area (Å²) in [5, 5.41) is 25.0. The molecule has 0 aliphatic carbocycles. The molecular weight excluding hydrogens is 326 g/mol. The van der Waals surface area contributed by atoms with E-state index in [1.807, 2.05) is 6.07 Å². The Labute approximate surface area is 140 Å². The lowest BCUT2D eigenvalue weighted by molar-refractivity contribution is -0.137. The maximum Gasteiger partial charge on any atom is 0.325 e. The van der Waals surface area contributed by atoms with Crippen molar-refractivity contribution in [2.24, 2.45) is 5.73 Å². The number of nitriles is 1. The first-order chi connectivity index (χ1) is 12.0. The second kappa shape index (κ2) is 6.25. The van der Waals surface area contributed by atoms with Crippen molar-refractivity contribution >= 4 is 34.4 Å². The van der Waals surface area contributed by atoms with Crippen molar-refractivity contribution in [2.75, 3.05) is 5.32 Å². The molecule has 10 nitrogen and oxygen atoms in total.